The zero-order valence-electron chi connectivity index (χ0n) is 11.8. The number of aliphatic hydroxyl groups is 1. The molecular formula is C13H19BrN2O4S. The van der Waals surface area contributed by atoms with Crippen molar-refractivity contribution in [2.75, 3.05) is 31.5 Å². The summed E-state index contributed by atoms with van der Waals surface area (Å²) in [5.74, 6) is 0.576. The number of nitrogens with zero attached hydrogens (tertiary/aromatic N) is 1. The second kappa shape index (κ2) is 6.95. The van der Waals surface area contributed by atoms with Crippen molar-refractivity contribution >= 4 is 31.8 Å². The quantitative estimate of drug-likeness (QED) is 0.818. The molecule has 1 atom stereocenters. The first kappa shape index (κ1) is 16.5. The predicted molar refractivity (Wildman–Crippen MR) is 84.6 cm³/mol. The van der Waals surface area contributed by atoms with Crippen LogP contribution in [0.5, 0.6) is 5.75 Å². The van der Waals surface area contributed by atoms with Gasteiger partial charge in [0.05, 0.1) is 12.8 Å². The molecule has 0 bridgehead atoms. The summed E-state index contributed by atoms with van der Waals surface area (Å²) in [6.45, 7) is 0.815. The molecule has 21 heavy (non-hydrogen) atoms. The monoisotopic (exact) mass is 378 g/mol. The summed E-state index contributed by atoms with van der Waals surface area (Å²) < 4.78 is 34.6. The lowest BCUT2D eigenvalue weighted by molar-refractivity contribution is 0.166. The molecule has 1 unspecified atom stereocenters. The molecule has 1 saturated heterocycles. The van der Waals surface area contributed by atoms with Gasteiger partial charge in [-0.15, -0.1) is 0 Å². The number of aliphatic hydroxyl groups excluding tert-OH is 1. The molecule has 1 aliphatic rings. The molecule has 1 heterocycles. The number of hydrogen-bond acceptors (Lipinski definition) is 4. The van der Waals surface area contributed by atoms with Crippen LogP contribution < -0.4 is 9.46 Å². The number of piperidine rings is 1. The lowest BCUT2D eigenvalue weighted by Crippen LogP contribution is -2.43. The van der Waals surface area contributed by atoms with Gasteiger partial charge in [-0.05, 0) is 46.8 Å². The summed E-state index contributed by atoms with van der Waals surface area (Å²) in [5, 5.41) is 9.21. The van der Waals surface area contributed by atoms with Crippen LogP contribution in [0.15, 0.2) is 22.7 Å². The first-order valence-electron chi connectivity index (χ1n) is 6.68. The van der Waals surface area contributed by atoms with Crippen LogP contribution in [0, 0.1) is 5.92 Å². The SMILES string of the molecule is COc1ccc(Br)c(NS(=O)(=O)N2CCCC(CO)C2)c1. The first-order valence-corrected chi connectivity index (χ1v) is 8.92. The number of anilines is 1. The Morgan fingerprint density at radius 3 is 2.95 bits per heavy atom. The van der Waals surface area contributed by atoms with Gasteiger partial charge in [-0.3, -0.25) is 4.72 Å². The average molecular weight is 379 g/mol. The van der Waals surface area contributed by atoms with Crippen LogP contribution in [-0.4, -0.2) is 44.6 Å². The zero-order chi connectivity index (χ0) is 15.5. The second-order valence-corrected chi connectivity index (χ2v) is 7.53. The van der Waals surface area contributed by atoms with E-state index >= 15 is 0 Å². The van der Waals surface area contributed by atoms with E-state index in [0.717, 1.165) is 12.8 Å². The Balaban J connectivity index is 2.17. The fourth-order valence-corrected chi connectivity index (χ4v) is 4.14. The van der Waals surface area contributed by atoms with Crippen LogP contribution in [0.1, 0.15) is 12.8 Å². The smallest absolute Gasteiger partial charge is 0.301 e. The molecule has 0 radical (unpaired) electrons. The zero-order valence-corrected chi connectivity index (χ0v) is 14.2. The third-order valence-corrected chi connectivity index (χ3v) is 5.67. The molecule has 118 valence electrons. The van der Waals surface area contributed by atoms with Crippen molar-refractivity contribution in [1.29, 1.82) is 0 Å². The fourth-order valence-electron chi connectivity index (χ4n) is 2.31. The lowest BCUT2D eigenvalue weighted by atomic mass is 10.0. The van der Waals surface area contributed by atoms with E-state index in [4.69, 9.17) is 4.74 Å². The van der Waals surface area contributed by atoms with E-state index < -0.39 is 10.2 Å². The van der Waals surface area contributed by atoms with Gasteiger partial charge < -0.3 is 9.84 Å². The number of hydrogen-bond donors (Lipinski definition) is 2. The van der Waals surface area contributed by atoms with Crippen LogP contribution in [-0.2, 0) is 10.2 Å². The van der Waals surface area contributed by atoms with Crippen molar-refractivity contribution in [1.82, 2.24) is 4.31 Å². The van der Waals surface area contributed by atoms with E-state index in [1.807, 2.05) is 0 Å². The van der Waals surface area contributed by atoms with Crippen LogP contribution in [0.25, 0.3) is 0 Å². The Labute approximate surface area is 133 Å². The molecule has 0 spiro atoms. The van der Waals surface area contributed by atoms with Crippen molar-refractivity contribution in [2.45, 2.75) is 12.8 Å². The molecule has 1 aliphatic heterocycles. The molecule has 2 N–H and O–H groups in total. The van der Waals surface area contributed by atoms with Gasteiger partial charge >= 0.3 is 10.2 Å². The molecule has 1 fully saturated rings. The summed E-state index contributed by atoms with van der Waals surface area (Å²) in [4.78, 5) is 0. The number of nitrogens with one attached hydrogen (secondary N) is 1. The van der Waals surface area contributed by atoms with Crippen molar-refractivity contribution in [2.24, 2.45) is 5.92 Å². The maximum absolute atomic E-state index is 12.4. The number of methoxy groups -OCH3 is 1. The van der Waals surface area contributed by atoms with Gasteiger partial charge in [-0.25, -0.2) is 0 Å². The summed E-state index contributed by atoms with van der Waals surface area (Å²) in [7, 11) is -2.11. The minimum absolute atomic E-state index is 0.00377. The normalized spacial score (nSPS) is 20.2. The Kier molecular flexibility index (Phi) is 5.48. The van der Waals surface area contributed by atoms with Crippen molar-refractivity contribution < 1.29 is 18.3 Å². The van der Waals surface area contributed by atoms with Crippen molar-refractivity contribution in [3.8, 4) is 5.75 Å². The standard InChI is InChI=1S/C13H19BrN2O4S/c1-20-11-4-5-12(14)13(7-11)15-21(18,19)16-6-2-3-10(8-16)9-17/h4-5,7,10,15,17H,2-3,6,8-9H2,1H3. The van der Waals surface area contributed by atoms with Gasteiger partial charge in [0.25, 0.3) is 0 Å². The van der Waals surface area contributed by atoms with Gasteiger partial charge in [0.15, 0.2) is 0 Å². The highest BCUT2D eigenvalue weighted by Crippen LogP contribution is 2.29. The van der Waals surface area contributed by atoms with Gasteiger partial charge in [-0.1, -0.05) is 0 Å². The van der Waals surface area contributed by atoms with Crippen LogP contribution >= 0.6 is 15.9 Å². The Bertz CT molecular complexity index is 594. The van der Waals surface area contributed by atoms with Crippen LogP contribution in [0.4, 0.5) is 5.69 Å². The molecule has 1 aromatic carbocycles. The first-order chi connectivity index (χ1) is 9.96. The molecule has 0 aliphatic carbocycles. The molecule has 0 amide bonds. The van der Waals surface area contributed by atoms with E-state index in [1.165, 1.54) is 11.4 Å². The maximum Gasteiger partial charge on any atom is 0.301 e. The Hall–Kier alpha value is -0.830. The van der Waals surface area contributed by atoms with Gasteiger partial charge in [0.2, 0.25) is 0 Å². The van der Waals surface area contributed by atoms with E-state index in [2.05, 4.69) is 20.7 Å². The lowest BCUT2D eigenvalue weighted by Gasteiger charge is -2.31. The Morgan fingerprint density at radius 1 is 1.52 bits per heavy atom. The number of halogens is 1. The van der Waals surface area contributed by atoms with Gasteiger partial charge in [-0.2, -0.15) is 12.7 Å². The van der Waals surface area contributed by atoms with E-state index in [9.17, 15) is 13.5 Å². The number of ether oxygens (including phenoxy) is 1. The largest absolute Gasteiger partial charge is 0.497 e. The van der Waals surface area contributed by atoms with E-state index in [0.29, 0.717) is 29.0 Å². The summed E-state index contributed by atoms with van der Waals surface area (Å²) >= 11 is 3.32. The minimum Gasteiger partial charge on any atom is -0.497 e. The predicted octanol–water partition coefficient (Wildman–Crippen LogP) is 1.82. The summed E-state index contributed by atoms with van der Waals surface area (Å²) in [5.41, 5.74) is 0.431. The maximum atomic E-state index is 12.4. The minimum atomic E-state index is -3.64. The molecule has 0 aromatic heterocycles. The molecule has 1 aromatic rings. The molecule has 8 heteroatoms. The Morgan fingerprint density at radius 2 is 2.29 bits per heavy atom. The average Bonchev–Trinajstić information content (AvgIpc) is 2.49. The molecule has 0 saturated carbocycles. The third kappa shape index (κ3) is 4.09. The van der Waals surface area contributed by atoms with E-state index in [-0.39, 0.29) is 12.5 Å². The highest BCUT2D eigenvalue weighted by atomic mass is 79.9. The van der Waals surface area contributed by atoms with Crippen molar-refractivity contribution in [3.05, 3.63) is 22.7 Å². The van der Waals surface area contributed by atoms with E-state index in [1.54, 1.807) is 18.2 Å². The highest BCUT2D eigenvalue weighted by Gasteiger charge is 2.29. The third-order valence-electron chi connectivity index (χ3n) is 3.49. The topological polar surface area (TPSA) is 78.9 Å². The van der Waals surface area contributed by atoms with Crippen LogP contribution in [0.3, 0.4) is 0 Å². The van der Waals surface area contributed by atoms with Gasteiger partial charge in [0, 0.05) is 30.2 Å². The molecule has 6 nitrogen and oxygen atoms in total. The second-order valence-electron chi connectivity index (χ2n) is 5.00. The fraction of sp³-hybridized carbons (Fsp3) is 0.538. The van der Waals surface area contributed by atoms with Crippen molar-refractivity contribution in [3.63, 3.8) is 0 Å². The summed E-state index contributed by atoms with van der Waals surface area (Å²) in [6, 6.07) is 5.09. The number of rotatable bonds is 5. The summed E-state index contributed by atoms with van der Waals surface area (Å²) in [6.07, 6.45) is 1.61. The van der Waals surface area contributed by atoms with Crippen LogP contribution in [0.2, 0.25) is 0 Å². The number of benzene rings is 1. The van der Waals surface area contributed by atoms with Gasteiger partial charge in [0.1, 0.15) is 5.75 Å². The molecular weight excluding hydrogens is 360 g/mol. The highest BCUT2D eigenvalue weighted by molar-refractivity contribution is 9.10. The molecule has 2 rings (SSSR count).